The molecule has 1 fully saturated rings. The number of anilines is 2. The van der Waals surface area contributed by atoms with Crippen LogP contribution >= 0.6 is 0 Å². The molecule has 0 aliphatic heterocycles. The monoisotopic (exact) mass is 265 g/mol. The molecule has 1 aliphatic carbocycles. The standard InChI is InChI=1S/C12H19N5O2/c1-19-10-6-9(16-12(14)17-10)15-8-4-2-7(3-5-8)11(13)18/h6-8H,2-5H2,1H3,(H2,13,18)(H3,14,15,16,17). The molecule has 1 saturated carbocycles. The van der Waals surface area contributed by atoms with Crippen LogP contribution in [0.25, 0.3) is 0 Å². The van der Waals surface area contributed by atoms with Crippen molar-refractivity contribution in [2.75, 3.05) is 18.2 Å². The van der Waals surface area contributed by atoms with Crippen molar-refractivity contribution < 1.29 is 9.53 Å². The second-order valence-electron chi connectivity index (χ2n) is 4.75. The third-order valence-electron chi connectivity index (χ3n) is 3.41. The quantitative estimate of drug-likeness (QED) is 0.731. The smallest absolute Gasteiger partial charge is 0.225 e. The zero-order valence-corrected chi connectivity index (χ0v) is 10.9. The molecule has 1 aromatic heterocycles. The molecule has 0 unspecified atom stereocenters. The number of carbonyl (C=O) groups is 1. The number of carbonyl (C=O) groups excluding carboxylic acids is 1. The molecule has 1 amide bonds. The number of methoxy groups -OCH3 is 1. The van der Waals surface area contributed by atoms with Gasteiger partial charge in [-0.1, -0.05) is 0 Å². The van der Waals surface area contributed by atoms with E-state index < -0.39 is 0 Å². The maximum absolute atomic E-state index is 11.1. The highest BCUT2D eigenvalue weighted by molar-refractivity contribution is 5.76. The van der Waals surface area contributed by atoms with Crippen LogP contribution in [0, 0.1) is 5.92 Å². The SMILES string of the molecule is COc1cc(NC2CCC(C(N)=O)CC2)nc(N)n1. The molecule has 1 aliphatic rings. The Labute approximate surface area is 111 Å². The minimum Gasteiger partial charge on any atom is -0.481 e. The van der Waals surface area contributed by atoms with Gasteiger partial charge in [-0.2, -0.15) is 9.97 Å². The summed E-state index contributed by atoms with van der Waals surface area (Å²) in [5, 5.41) is 3.29. The second-order valence-corrected chi connectivity index (χ2v) is 4.75. The van der Waals surface area contributed by atoms with Crippen LogP contribution in [-0.2, 0) is 4.79 Å². The molecule has 0 aromatic carbocycles. The summed E-state index contributed by atoms with van der Waals surface area (Å²) in [6.45, 7) is 0. The molecule has 0 spiro atoms. The number of nitrogen functional groups attached to an aromatic ring is 1. The van der Waals surface area contributed by atoms with Gasteiger partial charge < -0.3 is 21.5 Å². The lowest BCUT2D eigenvalue weighted by Crippen LogP contribution is -2.32. The van der Waals surface area contributed by atoms with E-state index in [9.17, 15) is 4.79 Å². The highest BCUT2D eigenvalue weighted by Gasteiger charge is 2.24. The third-order valence-corrected chi connectivity index (χ3v) is 3.41. The Kier molecular flexibility index (Phi) is 4.03. The van der Waals surface area contributed by atoms with Crippen LogP contribution in [0.3, 0.4) is 0 Å². The number of aromatic nitrogens is 2. The van der Waals surface area contributed by atoms with E-state index in [2.05, 4.69) is 15.3 Å². The Hall–Kier alpha value is -2.05. The lowest BCUT2D eigenvalue weighted by molar-refractivity contribution is -0.122. The largest absolute Gasteiger partial charge is 0.481 e. The maximum Gasteiger partial charge on any atom is 0.225 e. The molecule has 7 nitrogen and oxygen atoms in total. The molecule has 0 atom stereocenters. The summed E-state index contributed by atoms with van der Waals surface area (Å²) in [5.74, 6) is 1.05. The molecule has 104 valence electrons. The van der Waals surface area contributed by atoms with Gasteiger partial charge in [-0.05, 0) is 25.7 Å². The molecule has 0 bridgehead atoms. The van der Waals surface area contributed by atoms with Crippen molar-refractivity contribution in [1.29, 1.82) is 0 Å². The van der Waals surface area contributed by atoms with E-state index >= 15 is 0 Å². The number of amides is 1. The van der Waals surface area contributed by atoms with Crippen LogP contribution < -0.4 is 21.5 Å². The fourth-order valence-corrected chi connectivity index (χ4v) is 2.35. The molecule has 1 heterocycles. The maximum atomic E-state index is 11.1. The van der Waals surface area contributed by atoms with Crippen LogP contribution in [-0.4, -0.2) is 29.0 Å². The van der Waals surface area contributed by atoms with Crippen LogP contribution in [0.1, 0.15) is 25.7 Å². The van der Waals surface area contributed by atoms with Gasteiger partial charge in [0.05, 0.1) is 7.11 Å². The summed E-state index contributed by atoms with van der Waals surface area (Å²) in [4.78, 5) is 19.1. The number of nitrogens with zero attached hydrogens (tertiary/aromatic N) is 2. The first-order chi connectivity index (χ1) is 9.08. The summed E-state index contributed by atoms with van der Waals surface area (Å²) < 4.78 is 5.04. The van der Waals surface area contributed by atoms with Gasteiger partial charge in [0.25, 0.3) is 0 Å². The van der Waals surface area contributed by atoms with Gasteiger partial charge in [0.15, 0.2) is 0 Å². The van der Waals surface area contributed by atoms with Crippen LogP contribution in [0.2, 0.25) is 0 Å². The summed E-state index contributed by atoms with van der Waals surface area (Å²) in [6, 6.07) is 1.98. The molecular weight excluding hydrogens is 246 g/mol. The average Bonchev–Trinajstić information content (AvgIpc) is 2.38. The van der Waals surface area contributed by atoms with Crippen molar-refractivity contribution in [2.45, 2.75) is 31.7 Å². The van der Waals surface area contributed by atoms with E-state index in [4.69, 9.17) is 16.2 Å². The number of hydrogen-bond acceptors (Lipinski definition) is 6. The average molecular weight is 265 g/mol. The van der Waals surface area contributed by atoms with Crippen molar-refractivity contribution in [1.82, 2.24) is 9.97 Å². The topological polar surface area (TPSA) is 116 Å². The van der Waals surface area contributed by atoms with E-state index in [1.165, 1.54) is 7.11 Å². The van der Waals surface area contributed by atoms with Gasteiger partial charge in [0, 0.05) is 18.0 Å². The fraction of sp³-hybridized carbons (Fsp3) is 0.583. The Morgan fingerprint density at radius 3 is 2.63 bits per heavy atom. The van der Waals surface area contributed by atoms with Gasteiger partial charge in [0.2, 0.25) is 17.7 Å². The van der Waals surface area contributed by atoms with E-state index in [1.807, 2.05) is 0 Å². The third kappa shape index (κ3) is 3.46. The van der Waals surface area contributed by atoms with E-state index in [0.717, 1.165) is 25.7 Å². The number of hydrogen-bond donors (Lipinski definition) is 3. The number of ether oxygens (including phenoxy) is 1. The van der Waals surface area contributed by atoms with Crippen molar-refractivity contribution in [3.8, 4) is 5.88 Å². The normalized spacial score (nSPS) is 22.8. The molecular formula is C12H19N5O2. The van der Waals surface area contributed by atoms with E-state index in [0.29, 0.717) is 11.7 Å². The summed E-state index contributed by atoms with van der Waals surface area (Å²) in [5.41, 5.74) is 10.9. The summed E-state index contributed by atoms with van der Waals surface area (Å²) >= 11 is 0. The lowest BCUT2D eigenvalue weighted by atomic mass is 9.85. The van der Waals surface area contributed by atoms with Gasteiger partial charge in [-0.15, -0.1) is 0 Å². The highest BCUT2D eigenvalue weighted by atomic mass is 16.5. The first-order valence-electron chi connectivity index (χ1n) is 6.33. The van der Waals surface area contributed by atoms with Crippen LogP contribution in [0.5, 0.6) is 5.88 Å². The summed E-state index contributed by atoms with van der Waals surface area (Å²) in [7, 11) is 1.53. The fourth-order valence-electron chi connectivity index (χ4n) is 2.35. The minimum absolute atomic E-state index is 0.00283. The highest BCUT2D eigenvalue weighted by Crippen LogP contribution is 2.26. The zero-order valence-electron chi connectivity index (χ0n) is 10.9. The Morgan fingerprint density at radius 1 is 1.37 bits per heavy atom. The van der Waals surface area contributed by atoms with E-state index in [1.54, 1.807) is 6.07 Å². The molecule has 7 heteroatoms. The van der Waals surface area contributed by atoms with Crippen molar-refractivity contribution in [3.05, 3.63) is 6.07 Å². The molecule has 1 aromatic rings. The predicted molar refractivity (Wildman–Crippen MR) is 71.6 cm³/mol. The zero-order chi connectivity index (χ0) is 13.8. The molecule has 19 heavy (non-hydrogen) atoms. The minimum atomic E-state index is -0.202. The molecule has 2 rings (SSSR count). The van der Waals surface area contributed by atoms with Crippen LogP contribution in [0.4, 0.5) is 11.8 Å². The second kappa shape index (κ2) is 5.73. The predicted octanol–water partition coefficient (Wildman–Crippen LogP) is 0.523. The van der Waals surface area contributed by atoms with Gasteiger partial charge in [-0.25, -0.2) is 0 Å². The first-order valence-corrected chi connectivity index (χ1v) is 6.33. The van der Waals surface area contributed by atoms with Gasteiger partial charge in [-0.3, -0.25) is 4.79 Å². The Balaban J connectivity index is 1.95. The Morgan fingerprint density at radius 2 is 2.05 bits per heavy atom. The number of nitrogens with two attached hydrogens (primary N) is 2. The molecule has 0 saturated heterocycles. The Bertz CT molecular complexity index is 457. The van der Waals surface area contributed by atoms with Crippen molar-refractivity contribution in [3.63, 3.8) is 0 Å². The summed E-state index contributed by atoms with van der Waals surface area (Å²) in [6.07, 6.45) is 3.40. The van der Waals surface area contributed by atoms with Gasteiger partial charge >= 0.3 is 0 Å². The number of primary amides is 1. The van der Waals surface area contributed by atoms with E-state index in [-0.39, 0.29) is 23.8 Å². The lowest BCUT2D eigenvalue weighted by Gasteiger charge is -2.27. The number of nitrogens with one attached hydrogen (secondary N) is 1. The first kappa shape index (κ1) is 13.4. The van der Waals surface area contributed by atoms with Crippen LogP contribution in [0.15, 0.2) is 6.07 Å². The van der Waals surface area contributed by atoms with Crippen molar-refractivity contribution >= 4 is 17.7 Å². The molecule has 5 N–H and O–H groups in total. The van der Waals surface area contributed by atoms with Crippen molar-refractivity contribution in [2.24, 2.45) is 11.7 Å². The van der Waals surface area contributed by atoms with Gasteiger partial charge in [0.1, 0.15) is 5.82 Å². The number of rotatable bonds is 4. The molecule has 0 radical (unpaired) electrons.